The number of hydrogen-bond donors (Lipinski definition) is 1. The molecule has 0 spiro atoms. The molecule has 1 heterocycles. The minimum Gasteiger partial charge on any atom is -0.468 e. The van der Waals surface area contributed by atoms with E-state index in [9.17, 15) is 18.4 Å². The van der Waals surface area contributed by atoms with Gasteiger partial charge in [0, 0.05) is 15.8 Å². The van der Waals surface area contributed by atoms with Gasteiger partial charge < -0.3 is 4.74 Å². The fraction of sp³-hybridized carbons (Fsp3) is 0.150. The molecule has 29 heavy (non-hydrogen) atoms. The Balaban J connectivity index is 1.79. The molecule has 1 atom stereocenters. The number of rotatable bonds is 6. The number of halogens is 2. The predicted molar refractivity (Wildman–Crippen MR) is 109 cm³/mol. The Morgan fingerprint density at radius 1 is 1.21 bits per heavy atom. The first-order valence-electron chi connectivity index (χ1n) is 8.45. The van der Waals surface area contributed by atoms with Crippen molar-refractivity contribution in [2.75, 3.05) is 12.4 Å². The molecule has 1 N–H and O–H groups in total. The van der Waals surface area contributed by atoms with Gasteiger partial charge in [0.25, 0.3) is 5.91 Å². The van der Waals surface area contributed by atoms with Crippen molar-refractivity contribution in [2.45, 2.75) is 17.1 Å². The minimum atomic E-state index is -0.604. The standard InChI is InChI=1S/C20H16F2N2O3S2/c1-11(19(26)27-2)29-17-6-4-3-5-13(17)18(25)24-20-23-16(10-28-20)14-9-12(21)7-8-15(14)22/h3-11H,1-2H3,(H,23,24,25). The van der Waals surface area contributed by atoms with Crippen molar-refractivity contribution in [2.24, 2.45) is 0 Å². The van der Waals surface area contributed by atoms with Crippen LogP contribution >= 0.6 is 23.1 Å². The molecule has 0 aliphatic heterocycles. The molecule has 150 valence electrons. The number of methoxy groups -OCH3 is 1. The highest BCUT2D eigenvalue weighted by Gasteiger charge is 2.20. The van der Waals surface area contributed by atoms with Gasteiger partial charge in [-0.2, -0.15) is 0 Å². The Hall–Kier alpha value is -2.78. The van der Waals surface area contributed by atoms with E-state index in [-0.39, 0.29) is 16.4 Å². The van der Waals surface area contributed by atoms with Gasteiger partial charge in [-0.25, -0.2) is 13.8 Å². The maximum Gasteiger partial charge on any atom is 0.318 e. The van der Waals surface area contributed by atoms with Gasteiger partial charge in [0.15, 0.2) is 5.13 Å². The van der Waals surface area contributed by atoms with Gasteiger partial charge in [0.05, 0.1) is 18.4 Å². The molecule has 0 saturated heterocycles. The van der Waals surface area contributed by atoms with Crippen LogP contribution in [0.15, 0.2) is 52.7 Å². The number of nitrogens with zero attached hydrogens (tertiary/aromatic N) is 1. The van der Waals surface area contributed by atoms with E-state index in [2.05, 4.69) is 10.3 Å². The normalized spacial score (nSPS) is 11.7. The summed E-state index contributed by atoms with van der Waals surface area (Å²) in [5.41, 5.74) is 0.607. The van der Waals surface area contributed by atoms with Crippen LogP contribution < -0.4 is 5.32 Å². The number of carbonyl (C=O) groups excluding carboxylic acids is 2. The largest absolute Gasteiger partial charge is 0.468 e. The molecule has 0 bridgehead atoms. The summed E-state index contributed by atoms with van der Waals surface area (Å²) in [7, 11) is 1.31. The van der Waals surface area contributed by atoms with E-state index in [1.165, 1.54) is 24.3 Å². The van der Waals surface area contributed by atoms with Crippen molar-refractivity contribution >= 4 is 40.1 Å². The second-order valence-electron chi connectivity index (χ2n) is 5.90. The molecule has 1 unspecified atom stereocenters. The number of benzene rings is 2. The van der Waals surface area contributed by atoms with E-state index >= 15 is 0 Å². The number of esters is 1. The Kier molecular flexibility index (Phi) is 6.60. The Morgan fingerprint density at radius 2 is 1.97 bits per heavy atom. The molecule has 0 radical (unpaired) electrons. The molecular formula is C20H16F2N2O3S2. The number of amides is 1. The SMILES string of the molecule is COC(=O)C(C)Sc1ccccc1C(=O)Nc1nc(-c2cc(F)ccc2F)cs1. The first-order chi connectivity index (χ1) is 13.9. The highest BCUT2D eigenvalue weighted by atomic mass is 32.2. The summed E-state index contributed by atoms with van der Waals surface area (Å²) in [6, 6.07) is 9.93. The highest BCUT2D eigenvalue weighted by Crippen LogP contribution is 2.30. The first-order valence-corrected chi connectivity index (χ1v) is 10.2. The van der Waals surface area contributed by atoms with Gasteiger partial charge in [-0.15, -0.1) is 23.1 Å². The fourth-order valence-corrected chi connectivity index (χ4v) is 4.20. The monoisotopic (exact) mass is 434 g/mol. The van der Waals surface area contributed by atoms with Crippen molar-refractivity contribution in [3.63, 3.8) is 0 Å². The third kappa shape index (κ3) is 4.99. The molecule has 5 nitrogen and oxygen atoms in total. The number of aromatic nitrogens is 1. The third-order valence-corrected chi connectivity index (χ3v) is 5.81. The molecule has 0 aliphatic rings. The van der Waals surface area contributed by atoms with Crippen LogP contribution in [0.1, 0.15) is 17.3 Å². The Morgan fingerprint density at radius 3 is 2.72 bits per heavy atom. The molecule has 1 amide bonds. The minimum absolute atomic E-state index is 0.0182. The van der Waals surface area contributed by atoms with Gasteiger partial charge in [-0.3, -0.25) is 14.9 Å². The van der Waals surface area contributed by atoms with Crippen molar-refractivity contribution in [1.29, 1.82) is 0 Å². The molecule has 3 aromatic rings. The van der Waals surface area contributed by atoms with E-state index in [1.54, 1.807) is 31.2 Å². The van der Waals surface area contributed by atoms with Gasteiger partial charge in [-0.1, -0.05) is 12.1 Å². The van der Waals surface area contributed by atoms with Gasteiger partial charge >= 0.3 is 5.97 Å². The summed E-state index contributed by atoms with van der Waals surface area (Å²) in [4.78, 5) is 29.2. The van der Waals surface area contributed by atoms with Crippen LogP contribution in [0.25, 0.3) is 11.3 Å². The zero-order valence-electron chi connectivity index (χ0n) is 15.4. The van der Waals surface area contributed by atoms with Crippen molar-refractivity contribution in [1.82, 2.24) is 4.98 Å². The predicted octanol–water partition coefficient (Wildman–Crippen LogP) is 4.99. The van der Waals surface area contributed by atoms with E-state index in [4.69, 9.17) is 4.74 Å². The Bertz CT molecular complexity index is 1060. The molecular weight excluding hydrogens is 418 g/mol. The van der Waals surface area contributed by atoms with Crippen molar-refractivity contribution in [3.05, 3.63) is 65.0 Å². The van der Waals surface area contributed by atoms with Gasteiger partial charge in [-0.05, 0) is 37.3 Å². The summed E-state index contributed by atoms with van der Waals surface area (Å²) in [5, 5.41) is 3.95. The van der Waals surface area contributed by atoms with Crippen molar-refractivity contribution < 1.29 is 23.1 Å². The number of hydrogen-bond acceptors (Lipinski definition) is 6. The van der Waals surface area contributed by atoms with Gasteiger partial charge in [0.1, 0.15) is 16.9 Å². The molecule has 2 aromatic carbocycles. The van der Waals surface area contributed by atoms with E-state index in [0.717, 1.165) is 29.5 Å². The summed E-state index contributed by atoms with van der Waals surface area (Å²) < 4.78 is 32.1. The topological polar surface area (TPSA) is 68.3 Å². The Labute approximate surface area is 174 Å². The van der Waals surface area contributed by atoms with Gasteiger partial charge in [0.2, 0.25) is 0 Å². The van der Waals surface area contributed by atoms with E-state index < -0.39 is 28.8 Å². The van der Waals surface area contributed by atoms with Crippen LogP contribution in [0.4, 0.5) is 13.9 Å². The molecule has 0 fully saturated rings. The fourth-order valence-electron chi connectivity index (χ4n) is 2.47. The maximum atomic E-state index is 13.9. The first kappa shape index (κ1) is 20.9. The second kappa shape index (κ2) is 9.15. The van der Waals surface area contributed by atoms with Crippen LogP contribution in [-0.2, 0) is 9.53 Å². The third-order valence-electron chi connectivity index (χ3n) is 3.90. The number of ether oxygens (including phenoxy) is 1. The number of thiazole rings is 1. The lowest BCUT2D eigenvalue weighted by Gasteiger charge is -2.12. The quantitative estimate of drug-likeness (QED) is 0.437. The molecule has 0 saturated carbocycles. The van der Waals surface area contributed by atoms with E-state index in [1.807, 2.05) is 0 Å². The maximum absolute atomic E-state index is 13.9. The number of thioether (sulfide) groups is 1. The lowest BCUT2D eigenvalue weighted by Crippen LogP contribution is -2.17. The average molecular weight is 434 g/mol. The molecule has 3 rings (SSSR count). The van der Waals surface area contributed by atoms with Crippen LogP contribution in [-0.4, -0.2) is 29.2 Å². The number of carbonyl (C=O) groups is 2. The molecule has 0 aliphatic carbocycles. The lowest BCUT2D eigenvalue weighted by atomic mass is 10.1. The second-order valence-corrected chi connectivity index (χ2v) is 8.14. The van der Waals surface area contributed by atoms with Crippen LogP contribution in [0, 0.1) is 11.6 Å². The summed E-state index contributed by atoms with van der Waals surface area (Å²) in [5.74, 6) is -2.00. The zero-order valence-corrected chi connectivity index (χ0v) is 17.1. The summed E-state index contributed by atoms with van der Waals surface area (Å²) >= 11 is 2.30. The lowest BCUT2D eigenvalue weighted by molar-refractivity contribution is -0.139. The smallest absolute Gasteiger partial charge is 0.318 e. The molecule has 1 aromatic heterocycles. The van der Waals surface area contributed by atoms with Crippen LogP contribution in [0.3, 0.4) is 0 Å². The highest BCUT2D eigenvalue weighted by molar-refractivity contribution is 8.00. The molecule has 9 heteroatoms. The zero-order chi connectivity index (χ0) is 21.0. The number of anilines is 1. The van der Waals surface area contributed by atoms with Crippen LogP contribution in [0.5, 0.6) is 0 Å². The summed E-state index contributed by atoms with van der Waals surface area (Å²) in [6.07, 6.45) is 0. The summed E-state index contributed by atoms with van der Waals surface area (Å²) in [6.45, 7) is 1.69. The van der Waals surface area contributed by atoms with E-state index in [0.29, 0.717) is 10.5 Å². The van der Waals surface area contributed by atoms with Crippen molar-refractivity contribution in [3.8, 4) is 11.3 Å². The average Bonchev–Trinajstić information content (AvgIpc) is 3.17. The van der Waals surface area contributed by atoms with Crippen LogP contribution in [0.2, 0.25) is 0 Å². The number of nitrogens with one attached hydrogen (secondary N) is 1.